The Morgan fingerprint density at radius 3 is 2.14 bits per heavy atom. The van der Waals surface area contributed by atoms with E-state index >= 15 is 0 Å². The second kappa shape index (κ2) is 12.6. The molecule has 6 nitrogen and oxygen atoms in total. The molecule has 1 N–H and O–H groups in total. The van der Waals surface area contributed by atoms with Gasteiger partial charge in [0.15, 0.2) is 0 Å². The quantitative estimate of drug-likeness (QED) is 0.127. The topological polar surface area (TPSA) is 69.0 Å². The van der Waals surface area contributed by atoms with Crippen molar-refractivity contribution in [2.45, 2.75) is 13.3 Å². The number of esters is 1. The van der Waals surface area contributed by atoms with Crippen molar-refractivity contribution in [2.75, 3.05) is 18.5 Å². The van der Waals surface area contributed by atoms with Crippen molar-refractivity contribution in [1.82, 2.24) is 0 Å². The summed E-state index contributed by atoms with van der Waals surface area (Å²) in [7, 11) is 0. The second-order valence-electron chi connectivity index (χ2n) is 7.74. The van der Waals surface area contributed by atoms with Crippen LogP contribution in [-0.2, 0) is 9.59 Å². The summed E-state index contributed by atoms with van der Waals surface area (Å²) in [6.07, 6.45) is 3.77. The Morgan fingerprint density at radius 2 is 1.54 bits per heavy atom. The van der Waals surface area contributed by atoms with E-state index in [0.717, 1.165) is 28.9 Å². The van der Waals surface area contributed by atoms with Gasteiger partial charge in [-0.15, -0.1) is 0 Å². The number of rotatable bonds is 10. The number of nitrogens with zero attached hydrogens (tertiary/aromatic N) is 1. The number of amides is 1. The monoisotopic (exact) mass is 466 g/mol. The van der Waals surface area contributed by atoms with Crippen LogP contribution < -0.4 is 14.8 Å². The van der Waals surface area contributed by atoms with Crippen LogP contribution in [0, 0.1) is 6.57 Å². The van der Waals surface area contributed by atoms with Gasteiger partial charge in [-0.05, 0) is 66.1 Å². The third kappa shape index (κ3) is 8.02. The van der Waals surface area contributed by atoms with Gasteiger partial charge in [0.05, 0.1) is 13.0 Å². The fraction of sp³-hybridized carbons (Fsp3) is 0.138. The number of anilines is 1. The lowest BCUT2D eigenvalue weighted by Gasteiger charge is -2.07. The summed E-state index contributed by atoms with van der Waals surface area (Å²) in [6.45, 7) is 13.0. The van der Waals surface area contributed by atoms with Crippen LogP contribution in [-0.4, -0.2) is 25.0 Å². The second-order valence-corrected chi connectivity index (χ2v) is 7.74. The Morgan fingerprint density at radius 1 is 0.943 bits per heavy atom. The lowest BCUT2D eigenvalue weighted by molar-refractivity contribution is -0.128. The number of benzene rings is 3. The van der Waals surface area contributed by atoms with Crippen molar-refractivity contribution in [2.24, 2.45) is 0 Å². The van der Waals surface area contributed by atoms with Gasteiger partial charge in [0.1, 0.15) is 11.5 Å². The van der Waals surface area contributed by atoms with Crippen LogP contribution in [0.15, 0.2) is 91.0 Å². The summed E-state index contributed by atoms with van der Waals surface area (Å²) in [5, 5.41) is 2.69. The maximum atomic E-state index is 12.2. The van der Waals surface area contributed by atoms with Crippen LogP contribution in [0.4, 0.5) is 5.69 Å². The average molecular weight is 467 g/mol. The summed E-state index contributed by atoms with van der Waals surface area (Å²) >= 11 is 0. The van der Waals surface area contributed by atoms with Crippen molar-refractivity contribution in [3.8, 4) is 22.6 Å². The van der Waals surface area contributed by atoms with Crippen LogP contribution in [0.5, 0.6) is 11.5 Å². The molecule has 0 fully saturated rings. The molecule has 0 aliphatic carbocycles. The van der Waals surface area contributed by atoms with Gasteiger partial charge in [-0.25, -0.2) is 11.4 Å². The van der Waals surface area contributed by atoms with E-state index in [1.165, 1.54) is 6.08 Å². The normalized spacial score (nSPS) is 10.4. The number of nitrogens with one attached hydrogen (secondary N) is 1. The maximum absolute atomic E-state index is 12.2. The third-order valence-corrected chi connectivity index (χ3v) is 4.91. The van der Waals surface area contributed by atoms with Crippen molar-refractivity contribution in [3.63, 3.8) is 0 Å². The van der Waals surface area contributed by atoms with Gasteiger partial charge in [0.2, 0.25) is 6.54 Å². The van der Waals surface area contributed by atoms with Crippen molar-refractivity contribution < 1.29 is 19.1 Å². The average Bonchev–Trinajstić information content (AvgIpc) is 2.87. The van der Waals surface area contributed by atoms with Crippen molar-refractivity contribution in [3.05, 3.63) is 108 Å². The lowest BCUT2D eigenvalue weighted by atomic mass is 10.0. The molecule has 0 unspecified atom stereocenters. The molecule has 6 heteroatoms. The highest BCUT2D eigenvalue weighted by Gasteiger charge is 2.05. The van der Waals surface area contributed by atoms with E-state index in [0.29, 0.717) is 30.2 Å². The molecule has 3 aromatic carbocycles. The molecular formula is C29H26N2O4. The van der Waals surface area contributed by atoms with Gasteiger partial charge in [0, 0.05) is 17.3 Å². The molecule has 0 aliphatic rings. The first-order valence-electron chi connectivity index (χ1n) is 11.1. The molecule has 3 aromatic rings. The summed E-state index contributed by atoms with van der Waals surface area (Å²) in [4.78, 5) is 27.1. The fourth-order valence-electron chi connectivity index (χ4n) is 3.02. The first kappa shape index (κ1) is 25.0. The van der Waals surface area contributed by atoms with E-state index in [4.69, 9.17) is 16.0 Å². The first-order valence-corrected chi connectivity index (χ1v) is 11.1. The van der Waals surface area contributed by atoms with Crippen LogP contribution in [0.1, 0.15) is 18.9 Å². The predicted octanol–water partition coefficient (Wildman–Crippen LogP) is 6.18. The number of carbonyl (C=O) groups is 2. The predicted molar refractivity (Wildman–Crippen MR) is 138 cm³/mol. The zero-order valence-electron chi connectivity index (χ0n) is 19.5. The summed E-state index contributed by atoms with van der Waals surface area (Å²) in [5.74, 6) is 0.392. The standard InChI is InChI=1S/C29H26N2O4/c1-21(2)29(33)31-25-12-16-27(17-13-25)35-28(32)18-7-22-5-8-23(9-6-22)24-10-14-26(15-11-24)34-20-4-19-30-3/h5-18H,1,4,19-20H2,2H3,(H,31,33)/b18-7+. The van der Waals surface area contributed by atoms with Gasteiger partial charge in [-0.2, -0.15) is 0 Å². The zero-order valence-corrected chi connectivity index (χ0v) is 19.5. The highest BCUT2D eigenvalue weighted by molar-refractivity contribution is 6.02. The van der Waals surface area contributed by atoms with Gasteiger partial charge >= 0.3 is 5.97 Å². The number of ether oxygens (including phenoxy) is 2. The van der Waals surface area contributed by atoms with E-state index < -0.39 is 5.97 Å². The van der Waals surface area contributed by atoms with Crippen LogP contribution in [0.25, 0.3) is 22.0 Å². The molecule has 0 heterocycles. The minimum atomic E-state index is -0.500. The van der Waals surface area contributed by atoms with Crippen LogP contribution in [0.2, 0.25) is 0 Å². The van der Waals surface area contributed by atoms with E-state index in [9.17, 15) is 9.59 Å². The molecule has 0 saturated carbocycles. The fourth-order valence-corrected chi connectivity index (χ4v) is 3.02. The molecule has 0 bridgehead atoms. The molecule has 0 atom stereocenters. The maximum Gasteiger partial charge on any atom is 0.336 e. The van der Waals surface area contributed by atoms with Crippen LogP contribution in [0.3, 0.4) is 0 Å². The highest BCUT2D eigenvalue weighted by Crippen LogP contribution is 2.23. The largest absolute Gasteiger partial charge is 0.493 e. The smallest absolute Gasteiger partial charge is 0.336 e. The SMILES string of the molecule is [C-]#[N+]CCCOc1ccc(-c2ccc(/C=C/C(=O)Oc3ccc(NC(=O)C(=C)C)cc3)cc2)cc1. The molecule has 0 radical (unpaired) electrons. The third-order valence-electron chi connectivity index (χ3n) is 4.91. The summed E-state index contributed by atoms with van der Waals surface area (Å²) in [5.41, 5.74) is 3.96. The van der Waals surface area contributed by atoms with E-state index in [-0.39, 0.29) is 5.91 Å². The number of hydrogen-bond donors (Lipinski definition) is 1. The van der Waals surface area contributed by atoms with Gasteiger partial charge in [-0.1, -0.05) is 43.0 Å². The van der Waals surface area contributed by atoms with Crippen molar-refractivity contribution >= 4 is 23.6 Å². The first-order chi connectivity index (χ1) is 16.9. The molecule has 176 valence electrons. The number of hydrogen-bond acceptors (Lipinski definition) is 4. The van der Waals surface area contributed by atoms with Gasteiger partial charge in [-0.3, -0.25) is 4.79 Å². The Hall–Kier alpha value is -4.63. The Balaban J connectivity index is 1.51. The van der Waals surface area contributed by atoms with E-state index in [1.54, 1.807) is 37.3 Å². The molecule has 0 saturated heterocycles. The molecule has 35 heavy (non-hydrogen) atoms. The minimum absolute atomic E-state index is 0.265. The van der Waals surface area contributed by atoms with Gasteiger partial charge < -0.3 is 19.6 Å². The zero-order chi connectivity index (χ0) is 25.0. The lowest BCUT2D eigenvalue weighted by Crippen LogP contribution is -2.11. The van der Waals surface area contributed by atoms with Crippen molar-refractivity contribution in [1.29, 1.82) is 0 Å². The Kier molecular flexibility index (Phi) is 8.98. The Bertz CT molecular complexity index is 1240. The molecule has 3 rings (SSSR count). The molecular weight excluding hydrogens is 440 g/mol. The molecule has 0 aliphatic heterocycles. The highest BCUT2D eigenvalue weighted by atomic mass is 16.5. The minimum Gasteiger partial charge on any atom is -0.493 e. The molecule has 0 spiro atoms. The van der Waals surface area contributed by atoms with E-state index in [1.807, 2.05) is 48.5 Å². The number of carbonyl (C=O) groups excluding carboxylic acids is 2. The summed E-state index contributed by atoms with van der Waals surface area (Å²) < 4.78 is 10.9. The molecule has 1 amide bonds. The molecule has 0 aromatic heterocycles. The summed E-state index contributed by atoms with van der Waals surface area (Å²) in [6, 6.07) is 22.1. The van der Waals surface area contributed by atoms with Gasteiger partial charge in [0.25, 0.3) is 5.91 Å². The Labute approximate surface area is 205 Å². The van der Waals surface area contributed by atoms with Crippen LogP contribution >= 0.6 is 0 Å². The van der Waals surface area contributed by atoms with E-state index in [2.05, 4.69) is 16.7 Å².